The largest absolute Gasteiger partial charge is 0.508 e. The molecule has 0 aliphatic carbocycles. The summed E-state index contributed by atoms with van der Waals surface area (Å²) in [6, 6.07) is 18.3. The van der Waals surface area contributed by atoms with E-state index in [-0.39, 0.29) is 37.1 Å². The Morgan fingerprint density at radius 3 is 2.30 bits per heavy atom. The molecule has 3 aromatic carbocycles. The summed E-state index contributed by atoms with van der Waals surface area (Å²) in [4.78, 5) is 40.7. The first-order chi connectivity index (χ1) is 17.7. The van der Waals surface area contributed by atoms with E-state index in [2.05, 4.69) is 10.6 Å². The maximum atomic E-state index is 13.6. The first kappa shape index (κ1) is 25.9. The van der Waals surface area contributed by atoms with Crippen molar-refractivity contribution in [1.29, 1.82) is 0 Å². The van der Waals surface area contributed by atoms with Crippen LogP contribution in [0, 0.1) is 13.8 Å². The number of carbonyl (C=O) groups is 3. The fourth-order valence-electron chi connectivity index (χ4n) is 4.81. The average Bonchev–Trinajstić information content (AvgIpc) is 2.88. The number of phenols is 1. The highest BCUT2D eigenvalue weighted by molar-refractivity contribution is 5.96. The number of para-hydroxylation sites is 1. The Hall–Kier alpha value is -4.17. The highest BCUT2D eigenvalue weighted by Crippen LogP contribution is 2.26. The molecule has 1 aliphatic heterocycles. The lowest BCUT2D eigenvalue weighted by Gasteiger charge is -2.37. The first-order valence-electron chi connectivity index (χ1n) is 12.3. The molecule has 0 radical (unpaired) electrons. The van der Waals surface area contributed by atoms with Crippen molar-refractivity contribution in [2.45, 2.75) is 45.3 Å². The van der Waals surface area contributed by atoms with Gasteiger partial charge in [-0.2, -0.15) is 0 Å². The van der Waals surface area contributed by atoms with E-state index < -0.39 is 18.0 Å². The van der Waals surface area contributed by atoms with E-state index in [0.29, 0.717) is 12.1 Å². The number of anilines is 1. The van der Waals surface area contributed by atoms with Gasteiger partial charge in [-0.05, 0) is 72.4 Å². The zero-order chi connectivity index (χ0) is 26.5. The molecule has 3 amide bonds. The van der Waals surface area contributed by atoms with Crippen LogP contribution >= 0.6 is 0 Å². The van der Waals surface area contributed by atoms with Gasteiger partial charge in [0.05, 0.1) is 12.6 Å². The van der Waals surface area contributed by atoms with E-state index in [0.717, 1.165) is 27.8 Å². The van der Waals surface area contributed by atoms with Crippen LogP contribution in [0.2, 0.25) is 0 Å². The maximum Gasteiger partial charge on any atom is 0.243 e. The molecule has 37 heavy (non-hydrogen) atoms. The van der Waals surface area contributed by atoms with Crippen molar-refractivity contribution in [2.24, 2.45) is 5.73 Å². The van der Waals surface area contributed by atoms with Crippen LogP contribution in [-0.4, -0.2) is 46.4 Å². The molecule has 192 valence electrons. The molecule has 8 nitrogen and oxygen atoms in total. The summed E-state index contributed by atoms with van der Waals surface area (Å²) < 4.78 is 0. The van der Waals surface area contributed by atoms with Crippen LogP contribution in [0.5, 0.6) is 5.75 Å². The number of aromatic hydroxyl groups is 1. The maximum absolute atomic E-state index is 13.6. The number of fused-ring (bicyclic) bond motifs is 1. The molecule has 1 unspecified atom stereocenters. The summed E-state index contributed by atoms with van der Waals surface area (Å²) in [5, 5.41) is 15.3. The number of aryl methyl sites for hydroxylation is 2. The molecule has 0 saturated carbocycles. The highest BCUT2D eigenvalue weighted by atomic mass is 16.3. The molecular formula is C29H32N4O4. The average molecular weight is 501 g/mol. The van der Waals surface area contributed by atoms with Crippen molar-refractivity contribution in [2.75, 3.05) is 11.9 Å². The predicted octanol–water partition coefficient (Wildman–Crippen LogP) is 2.59. The second-order valence-corrected chi connectivity index (χ2v) is 9.46. The second kappa shape index (κ2) is 11.3. The van der Waals surface area contributed by atoms with Crippen molar-refractivity contribution >= 4 is 23.4 Å². The van der Waals surface area contributed by atoms with Crippen LogP contribution in [0.15, 0.2) is 66.7 Å². The van der Waals surface area contributed by atoms with Gasteiger partial charge in [-0.25, -0.2) is 0 Å². The van der Waals surface area contributed by atoms with Crippen molar-refractivity contribution < 1.29 is 19.5 Å². The number of hydrogen-bond donors (Lipinski definition) is 4. The SMILES string of the molecule is Cc1cc(O)cc(C)c1C[C@H](N)C(=O)N1Cc2ccccc2CC1C(=O)NCC(=O)Nc1ccccc1. The second-order valence-electron chi connectivity index (χ2n) is 9.46. The van der Waals surface area contributed by atoms with Crippen LogP contribution in [0.1, 0.15) is 27.8 Å². The van der Waals surface area contributed by atoms with Gasteiger partial charge in [0.15, 0.2) is 0 Å². The standard InChI is InChI=1S/C29H32N4O4/c1-18-12-23(34)13-19(2)24(18)15-25(30)29(37)33-17-21-9-7-6-8-20(21)14-26(33)28(36)31-16-27(35)32-22-10-4-3-5-11-22/h3-13,25-26,34H,14-17,30H2,1-2H3,(H,31,36)(H,32,35)/t25-,26?/m0/s1. The number of carbonyl (C=O) groups excluding carboxylic acids is 3. The molecule has 2 atom stereocenters. The number of benzene rings is 3. The third-order valence-corrected chi connectivity index (χ3v) is 6.74. The van der Waals surface area contributed by atoms with Crippen LogP contribution in [-0.2, 0) is 33.8 Å². The number of phenolic OH excluding ortho intramolecular Hbond substituents is 1. The number of nitrogens with one attached hydrogen (secondary N) is 2. The zero-order valence-electron chi connectivity index (χ0n) is 21.0. The van der Waals surface area contributed by atoms with E-state index in [9.17, 15) is 19.5 Å². The van der Waals surface area contributed by atoms with Crippen LogP contribution in [0.3, 0.4) is 0 Å². The highest BCUT2D eigenvalue weighted by Gasteiger charge is 2.36. The predicted molar refractivity (Wildman–Crippen MR) is 142 cm³/mol. The fourth-order valence-corrected chi connectivity index (χ4v) is 4.81. The molecule has 4 rings (SSSR count). The van der Waals surface area contributed by atoms with Crippen LogP contribution in [0.25, 0.3) is 0 Å². The van der Waals surface area contributed by atoms with E-state index in [1.165, 1.54) is 4.90 Å². The molecule has 0 aromatic heterocycles. The molecule has 1 aliphatic rings. The normalized spacial score (nSPS) is 15.4. The number of hydrogen-bond acceptors (Lipinski definition) is 5. The van der Waals surface area contributed by atoms with Gasteiger partial charge >= 0.3 is 0 Å². The lowest BCUT2D eigenvalue weighted by Crippen LogP contribution is -2.57. The number of amides is 3. The summed E-state index contributed by atoms with van der Waals surface area (Å²) in [6.45, 7) is 3.77. The first-order valence-corrected chi connectivity index (χ1v) is 12.3. The number of nitrogens with zero attached hydrogens (tertiary/aromatic N) is 1. The lowest BCUT2D eigenvalue weighted by atomic mass is 9.91. The molecule has 8 heteroatoms. The Labute approximate surface area is 216 Å². The van der Waals surface area contributed by atoms with Crippen LogP contribution in [0.4, 0.5) is 5.69 Å². The van der Waals surface area contributed by atoms with Gasteiger partial charge in [0.1, 0.15) is 11.8 Å². The summed E-state index contributed by atoms with van der Waals surface area (Å²) in [6.07, 6.45) is 0.612. The number of rotatable bonds is 7. The summed E-state index contributed by atoms with van der Waals surface area (Å²) >= 11 is 0. The minimum Gasteiger partial charge on any atom is -0.508 e. The summed E-state index contributed by atoms with van der Waals surface area (Å²) in [5.41, 5.74) is 11.6. The minimum absolute atomic E-state index is 0.166. The monoisotopic (exact) mass is 500 g/mol. The lowest BCUT2D eigenvalue weighted by molar-refractivity contribution is -0.143. The Morgan fingerprint density at radius 1 is 1.00 bits per heavy atom. The topological polar surface area (TPSA) is 125 Å². The van der Waals surface area contributed by atoms with Gasteiger partial charge in [0.2, 0.25) is 17.7 Å². The summed E-state index contributed by atoms with van der Waals surface area (Å²) in [5.74, 6) is -0.937. The number of nitrogens with two attached hydrogens (primary N) is 1. The van der Waals surface area contributed by atoms with E-state index >= 15 is 0 Å². The Kier molecular flexibility index (Phi) is 7.89. The van der Waals surface area contributed by atoms with Gasteiger partial charge in [0, 0.05) is 18.7 Å². The van der Waals surface area contributed by atoms with E-state index in [4.69, 9.17) is 5.73 Å². The van der Waals surface area contributed by atoms with Gasteiger partial charge in [-0.3, -0.25) is 14.4 Å². The molecule has 0 saturated heterocycles. The fraction of sp³-hybridized carbons (Fsp3) is 0.276. The van der Waals surface area contributed by atoms with Crippen molar-refractivity contribution in [3.63, 3.8) is 0 Å². The van der Waals surface area contributed by atoms with Crippen molar-refractivity contribution in [1.82, 2.24) is 10.2 Å². The van der Waals surface area contributed by atoms with Crippen LogP contribution < -0.4 is 16.4 Å². The molecule has 0 fully saturated rings. The molecule has 3 aromatic rings. The zero-order valence-corrected chi connectivity index (χ0v) is 21.0. The Morgan fingerprint density at radius 2 is 1.62 bits per heavy atom. The van der Waals surface area contributed by atoms with E-state index in [1.54, 1.807) is 24.3 Å². The third kappa shape index (κ3) is 6.16. The molecule has 1 heterocycles. The van der Waals surface area contributed by atoms with Gasteiger partial charge < -0.3 is 26.4 Å². The summed E-state index contributed by atoms with van der Waals surface area (Å²) in [7, 11) is 0. The quantitative estimate of drug-likeness (QED) is 0.397. The van der Waals surface area contributed by atoms with Gasteiger partial charge in [0.25, 0.3) is 0 Å². The third-order valence-electron chi connectivity index (χ3n) is 6.74. The molecule has 0 bridgehead atoms. The molecule has 5 N–H and O–H groups in total. The Balaban J connectivity index is 1.49. The van der Waals surface area contributed by atoms with Crippen molar-refractivity contribution in [3.8, 4) is 5.75 Å². The molecule has 0 spiro atoms. The molecular weight excluding hydrogens is 468 g/mol. The smallest absolute Gasteiger partial charge is 0.243 e. The minimum atomic E-state index is -0.871. The van der Waals surface area contributed by atoms with Gasteiger partial charge in [-0.15, -0.1) is 0 Å². The Bertz CT molecular complexity index is 1290. The van der Waals surface area contributed by atoms with Crippen molar-refractivity contribution in [3.05, 3.63) is 94.5 Å². The van der Waals surface area contributed by atoms with E-state index in [1.807, 2.05) is 56.3 Å². The van der Waals surface area contributed by atoms with Gasteiger partial charge in [-0.1, -0.05) is 42.5 Å².